The Morgan fingerprint density at radius 3 is 2.57 bits per heavy atom. The van der Waals surface area contributed by atoms with E-state index in [0.717, 1.165) is 17.5 Å². The fourth-order valence-corrected chi connectivity index (χ4v) is 2.17. The van der Waals surface area contributed by atoms with Gasteiger partial charge in [-0.2, -0.15) is 0 Å². The third kappa shape index (κ3) is 4.74. The van der Waals surface area contributed by atoms with Gasteiger partial charge < -0.3 is 15.2 Å². The van der Waals surface area contributed by atoms with Gasteiger partial charge in [-0.25, -0.2) is 0 Å². The first-order chi connectivity index (χ1) is 11.0. The van der Waals surface area contributed by atoms with Crippen molar-refractivity contribution < 1.29 is 14.6 Å². The second-order valence-electron chi connectivity index (χ2n) is 5.74. The van der Waals surface area contributed by atoms with Crippen molar-refractivity contribution in [1.29, 1.82) is 0 Å². The Labute approximate surface area is 137 Å². The fraction of sp³-hybridized carbons (Fsp3) is 0.316. The summed E-state index contributed by atoms with van der Waals surface area (Å²) < 4.78 is 5.44. The topological polar surface area (TPSA) is 58.6 Å². The molecule has 4 nitrogen and oxygen atoms in total. The number of anilines is 1. The van der Waals surface area contributed by atoms with Crippen LogP contribution in [-0.4, -0.2) is 17.6 Å². The highest BCUT2D eigenvalue weighted by atomic mass is 16.5. The number of carbonyl (C=O) groups is 1. The highest BCUT2D eigenvalue weighted by Gasteiger charge is 2.11. The van der Waals surface area contributed by atoms with E-state index in [0.29, 0.717) is 17.4 Å². The van der Waals surface area contributed by atoms with Crippen molar-refractivity contribution in [2.75, 3.05) is 11.9 Å². The summed E-state index contributed by atoms with van der Waals surface area (Å²) in [6, 6.07) is 12.8. The minimum Gasteiger partial charge on any atom is -0.506 e. The Hall–Kier alpha value is -2.49. The molecule has 1 amide bonds. The van der Waals surface area contributed by atoms with Gasteiger partial charge in [0.25, 0.3) is 5.91 Å². The van der Waals surface area contributed by atoms with Crippen LogP contribution in [0.4, 0.5) is 5.69 Å². The summed E-state index contributed by atoms with van der Waals surface area (Å²) >= 11 is 0. The zero-order chi connectivity index (χ0) is 16.8. The molecule has 4 heteroatoms. The van der Waals surface area contributed by atoms with Gasteiger partial charge in [0, 0.05) is 0 Å². The van der Waals surface area contributed by atoms with Gasteiger partial charge in [-0.3, -0.25) is 4.79 Å². The van der Waals surface area contributed by atoms with Crippen molar-refractivity contribution in [1.82, 2.24) is 0 Å². The first kappa shape index (κ1) is 16.9. The van der Waals surface area contributed by atoms with Crippen molar-refractivity contribution in [3.8, 4) is 11.5 Å². The number of nitrogens with one attached hydrogen (secondary N) is 1. The van der Waals surface area contributed by atoms with Crippen LogP contribution in [0.3, 0.4) is 0 Å². The van der Waals surface area contributed by atoms with Gasteiger partial charge in [-0.05, 0) is 49.1 Å². The van der Waals surface area contributed by atoms with Crippen molar-refractivity contribution in [3.05, 3.63) is 53.6 Å². The lowest BCUT2D eigenvalue weighted by Crippen LogP contribution is -2.20. The molecule has 2 rings (SSSR count). The number of aromatic hydroxyl groups is 1. The maximum Gasteiger partial charge on any atom is 0.262 e. The van der Waals surface area contributed by atoms with Crippen LogP contribution in [0, 0.1) is 6.92 Å². The summed E-state index contributed by atoms with van der Waals surface area (Å²) in [6.45, 7) is 6.10. The summed E-state index contributed by atoms with van der Waals surface area (Å²) in [6.07, 6.45) is 0.995. The Bertz CT molecular complexity index is 665. The molecule has 0 unspecified atom stereocenters. The van der Waals surface area contributed by atoms with Crippen LogP contribution >= 0.6 is 0 Å². The van der Waals surface area contributed by atoms with E-state index in [2.05, 4.69) is 19.2 Å². The average molecular weight is 313 g/mol. The van der Waals surface area contributed by atoms with E-state index in [-0.39, 0.29) is 18.3 Å². The van der Waals surface area contributed by atoms with Crippen molar-refractivity contribution >= 4 is 11.6 Å². The highest BCUT2D eigenvalue weighted by molar-refractivity contribution is 5.93. The van der Waals surface area contributed by atoms with Crippen LogP contribution in [0.25, 0.3) is 0 Å². The Morgan fingerprint density at radius 2 is 1.91 bits per heavy atom. The lowest BCUT2D eigenvalue weighted by Gasteiger charge is -2.13. The van der Waals surface area contributed by atoms with E-state index in [1.807, 2.05) is 43.3 Å². The third-order valence-electron chi connectivity index (χ3n) is 3.87. The van der Waals surface area contributed by atoms with Crippen LogP contribution in [0.5, 0.6) is 11.5 Å². The number of hydrogen-bond acceptors (Lipinski definition) is 3. The van der Waals surface area contributed by atoms with E-state index in [4.69, 9.17) is 4.74 Å². The molecule has 0 radical (unpaired) electrons. The van der Waals surface area contributed by atoms with Crippen LogP contribution in [-0.2, 0) is 4.79 Å². The molecular formula is C19H23NO3. The van der Waals surface area contributed by atoms with E-state index in [9.17, 15) is 9.90 Å². The summed E-state index contributed by atoms with van der Waals surface area (Å²) in [7, 11) is 0. The number of phenolic OH excluding ortho intramolecular Hbond substituents is 1. The fourth-order valence-electron chi connectivity index (χ4n) is 2.17. The number of hydrogen-bond donors (Lipinski definition) is 2. The van der Waals surface area contributed by atoms with Gasteiger partial charge in [0.05, 0.1) is 5.69 Å². The van der Waals surface area contributed by atoms with Gasteiger partial charge in [0.2, 0.25) is 0 Å². The first-order valence-corrected chi connectivity index (χ1v) is 7.81. The van der Waals surface area contributed by atoms with E-state index in [1.165, 1.54) is 0 Å². The number of phenols is 1. The quantitative estimate of drug-likeness (QED) is 0.785. The smallest absolute Gasteiger partial charge is 0.262 e. The molecule has 0 saturated carbocycles. The zero-order valence-electron chi connectivity index (χ0n) is 13.8. The molecule has 1 atom stereocenters. The van der Waals surface area contributed by atoms with E-state index < -0.39 is 0 Å². The molecule has 0 aliphatic carbocycles. The molecule has 0 heterocycles. The molecule has 23 heavy (non-hydrogen) atoms. The molecular weight excluding hydrogens is 290 g/mol. The maximum atomic E-state index is 12.0. The molecule has 0 fully saturated rings. The second-order valence-corrected chi connectivity index (χ2v) is 5.74. The lowest BCUT2D eigenvalue weighted by molar-refractivity contribution is -0.118. The number of amides is 1. The molecule has 0 aromatic heterocycles. The SMILES string of the molecule is CC[C@@H](C)c1ccc(O)c(NC(=O)COc2ccc(C)cc2)c1. The predicted octanol–water partition coefficient (Wildman–Crippen LogP) is 4.23. The van der Waals surface area contributed by atoms with Crippen LogP contribution < -0.4 is 10.1 Å². The minimum absolute atomic E-state index is 0.0562. The van der Waals surface area contributed by atoms with Gasteiger partial charge in [-0.15, -0.1) is 0 Å². The van der Waals surface area contributed by atoms with Crippen LogP contribution in [0.1, 0.15) is 37.3 Å². The molecule has 2 N–H and O–H groups in total. The molecule has 0 saturated heterocycles. The predicted molar refractivity (Wildman–Crippen MR) is 92.1 cm³/mol. The number of ether oxygens (including phenoxy) is 1. The number of carbonyl (C=O) groups excluding carboxylic acids is 1. The Balaban J connectivity index is 1.98. The number of rotatable bonds is 6. The largest absolute Gasteiger partial charge is 0.506 e. The summed E-state index contributed by atoms with van der Waals surface area (Å²) in [5.74, 6) is 0.765. The maximum absolute atomic E-state index is 12.0. The summed E-state index contributed by atoms with van der Waals surface area (Å²) in [4.78, 5) is 12.0. The van der Waals surface area contributed by atoms with Gasteiger partial charge in [0.15, 0.2) is 6.61 Å². The van der Waals surface area contributed by atoms with Crippen LogP contribution in [0.15, 0.2) is 42.5 Å². The summed E-state index contributed by atoms with van der Waals surface area (Å²) in [5.41, 5.74) is 2.63. The van der Waals surface area contributed by atoms with E-state index >= 15 is 0 Å². The molecule has 0 aliphatic heterocycles. The third-order valence-corrected chi connectivity index (χ3v) is 3.87. The van der Waals surface area contributed by atoms with Gasteiger partial charge >= 0.3 is 0 Å². The molecule has 0 aliphatic rings. The van der Waals surface area contributed by atoms with Crippen molar-refractivity contribution in [2.45, 2.75) is 33.1 Å². The van der Waals surface area contributed by atoms with Gasteiger partial charge in [0.1, 0.15) is 11.5 Å². The molecule has 2 aromatic carbocycles. The normalized spacial score (nSPS) is 11.8. The Kier molecular flexibility index (Phi) is 5.63. The molecule has 0 spiro atoms. The Morgan fingerprint density at radius 1 is 1.22 bits per heavy atom. The second kappa shape index (κ2) is 7.68. The van der Waals surface area contributed by atoms with Crippen molar-refractivity contribution in [2.24, 2.45) is 0 Å². The van der Waals surface area contributed by atoms with Crippen molar-refractivity contribution in [3.63, 3.8) is 0 Å². The first-order valence-electron chi connectivity index (χ1n) is 7.81. The molecule has 0 bridgehead atoms. The monoisotopic (exact) mass is 313 g/mol. The number of benzene rings is 2. The molecule has 122 valence electrons. The zero-order valence-corrected chi connectivity index (χ0v) is 13.8. The minimum atomic E-state index is -0.304. The van der Waals surface area contributed by atoms with Crippen LogP contribution in [0.2, 0.25) is 0 Å². The molecule has 2 aromatic rings. The number of aryl methyl sites for hydroxylation is 1. The van der Waals surface area contributed by atoms with E-state index in [1.54, 1.807) is 6.07 Å². The highest BCUT2D eigenvalue weighted by Crippen LogP contribution is 2.29. The lowest BCUT2D eigenvalue weighted by atomic mass is 9.98. The average Bonchev–Trinajstić information content (AvgIpc) is 2.55. The standard InChI is InChI=1S/C19H23NO3/c1-4-14(3)15-7-10-18(21)17(11-15)20-19(22)12-23-16-8-5-13(2)6-9-16/h5-11,14,21H,4,12H2,1-3H3,(H,20,22)/t14-/m1/s1. The summed E-state index contributed by atoms with van der Waals surface area (Å²) in [5, 5.41) is 12.6. The van der Waals surface area contributed by atoms with Gasteiger partial charge in [-0.1, -0.05) is 37.6 Å².